The Hall–Kier alpha value is -0.460. The van der Waals surface area contributed by atoms with Crippen LogP contribution in [-0.2, 0) is 0 Å². The van der Waals surface area contributed by atoms with Crippen molar-refractivity contribution in [3.63, 3.8) is 0 Å². The minimum absolute atomic E-state index is 0.245. The van der Waals surface area contributed by atoms with Crippen LogP contribution in [-0.4, -0.2) is 44.1 Å². The third-order valence-electron chi connectivity index (χ3n) is 3.96. The molecule has 0 radical (unpaired) electrons. The zero-order valence-corrected chi connectivity index (χ0v) is 13.9. The smallest absolute Gasteiger partial charge is 0.0590 e. The second-order valence-corrected chi connectivity index (χ2v) is 6.60. The van der Waals surface area contributed by atoms with E-state index < -0.39 is 0 Å². The first-order valence-corrected chi connectivity index (χ1v) is 8.24. The highest BCUT2D eigenvalue weighted by molar-refractivity contribution is 4.92. The normalized spacial score (nSPS) is 19.8. The van der Waals surface area contributed by atoms with Gasteiger partial charge in [-0.25, -0.2) is 5.43 Å². The summed E-state index contributed by atoms with van der Waals surface area (Å²) >= 11 is 0. The molecule has 0 spiro atoms. The Bertz CT molecular complexity index is 290. The molecule has 21 heavy (non-hydrogen) atoms. The second-order valence-electron chi connectivity index (χ2n) is 6.60. The minimum atomic E-state index is -0.245. The summed E-state index contributed by atoms with van der Waals surface area (Å²) in [6.45, 7) is 10.9. The van der Waals surface area contributed by atoms with Crippen molar-refractivity contribution < 1.29 is 5.11 Å². The lowest BCUT2D eigenvalue weighted by Crippen LogP contribution is -2.42. The highest BCUT2D eigenvalue weighted by Gasteiger charge is 2.36. The Kier molecular flexibility index (Phi) is 9.11. The molecule has 124 valence electrons. The average Bonchev–Trinajstić information content (AvgIpc) is 3.15. The summed E-state index contributed by atoms with van der Waals surface area (Å²) in [5.74, 6) is 0.525. The molecule has 1 saturated carbocycles. The van der Waals surface area contributed by atoms with Crippen molar-refractivity contribution in [2.75, 3.05) is 32.8 Å². The van der Waals surface area contributed by atoms with Crippen molar-refractivity contribution in [3.8, 4) is 0 Å². The molecule has 5 heteroatoms. The number of hydrogen-bond donors (Lipinski definition) is 5. The van der Waals surface area contributed by atoms with Crippen molar-refractivity contribution in [3.05, 3.63) is 12.2 Å². The van der Waals surface area contributed by atoms with Gasteiger partial charge in [-0.2, -0.15) is 0 Å². The Morgan fingerprint density at radius 2 is 1.90 bits per heavy atom. The molecule has 1 aliphatic rings. The first-order valence-electron chi connectivity index (χ1n) is 8.24. The van der Waals surface area contributed by atoms with Crippen molar-refractivity contribution in [2.24, 2.45) is 11.3 Å². The van der Waals surface area contributed by atoms with Gasteiger partial charge in [-0.15, -0.1) is 0 Å². The van der Waals surface area contributed by atoms with Crippen LogP contribution in [0.1, 0.15) is 40.0 Å². The van der Waals surface area contributed by atoms with Gasteiger partial charge in [0.25, 0.3) is 0 Å². The fraction of sp³-hybridized carbons (Fsp3) is 0.875. The molecule has 1 aliphatic carbocycles. The maximum Gasteiger partial charge on any atom is 0.0590 e. The van der Waals surface area contributed by atoms with Crippen LogP contribution >= 0.6 is 0 Å². The van der Waals surface area contributed by atoms with Gasteiger partial charge in [0.15, 0.2) is 0 Å². The maximum absolute atomic E-state index is 9.13. The Labute approximate surface area is 129 Å². The molecule has 0 aromatic heterocycles. The summed E-state index contributed by atoms with van der Waals surface area (Å²) in [5.41, 5.74) is 6.77. The van der Waals surface area contributed by atoms with Crippen molar-refractivity contribution in [2.45, 2.75) is 46.1 Å². The molecule has 0 saturated heterocycles. The summed E-state index contributed by atoms with van der Waals surface area (Å²) < 4.78 is 0. The summed E-state index contributed by atoms with van der Waals surface area (Å²) in [6, 6.07) is 0. The number of allylic oxidation sites excluding steroid dienone is 1. The van der Waals surface area contributed by atoms with E-state index in [2.05, 4.69) is 47.5 Å². The highest BCUT2D eigenvalue weighted by atomic mass is 16.3. The van der Waals surface area contributed by atoms with Gasteiger partial charge in [0.1, 0.15) is 0 Å². The van der Waals surface area contributed by atoms with Crippen LogP contribution in [0.25, 0.3) is 0 Å². The largest absolute Gasteiger partial charge is 0.393 e. The van der Waals surface area contributed by atoms with Crippen LogP contribution in [0, 0.1) is 11.3 Å². The molecule has 0 aromatic carbocycles. The monoisotopic (exact) mass is 298 g/mol. The number of hydrazine groups is 1. The van der Waals surface area contributed by atoms with Crippen LogP contribution in [0.15, 0.2) is 12.2 Å². The molecule has 0 amide bonds. The van der Waals surface area contributed by atoms with Crippen LogP contribution < -0.4 is 21.5 Å². The molecular formula is C16H34N4O. The van der Waals surface area contributed by atoms with Gasteiger partial charge in [-0.1, -0.05) is 19.1 Å². The molecule has 0 bridgehead atoms. The number of aliphatic hydroxyl groups excluding tert-OH is 1. The Balaban J connectivity index is 1.99. The van der Waals surface area contributed by atoms with Gasteiger partial charge in [-0.05, 0) is 38.5 Å². The lowest BCUT2D eigenvalue weighted by Gasteiger charge is -2.17. The Morgan fingerprint density at radius 1 is 1.19 bits per heavy atom. The van der Waals surface area contributed by atoms with Crippen molar-refractivity contribution in [1.82, 2.24) is 21.5 Å². The molecule has 1 rings (SSSR count). The first-order chi connectivity index (χ1) is 10.1. The highest BCUT2D eigenvalue weighted by Crippen LogP contribution is 2.43. The van der Waals surface area contributed by atoms with Crippen LogP contribution in [0.4, 0.5) is 0 Å². The van der Waals surface area contributed by atoms with E-state index in [9.17, 15) is 0 Å². The maximum atomic E-state index is 9.13. The van der Waals surface area contributed by atoms with Crippen molar-refractivity contribution in [1.29, 1.82) is 0 Å². The zero-order chi connectivity index (χ0) is 15.6. The van der Waals surface area contributed by atoms with Crippen LogP contribution in [0.5, 0.6) is 0 Å². The molecule has 2 atom stereocenters. The van der Waals surface area contributed by atoms with Gasteiger partial charge in [-0.3, -0.25) is 5.43 Å². The molecule has 5 N–H and O–H groups in total. The lowest BCUT2D eigenvalue weighted by molar-refractivity contribution is 0.181. The third kappa shape index (κ3) is 9.98. The summed E-state index contributed by atoms with van der Waals surface area (Å²) in [4.78, 5) is 0. The molecular weight excluding hydrogens is 264 g/mol. The fourth-order valence-electron chi connectivity index (χ4n) is 2.18. The fourth-order valence-corrected chi connectivity index (χ4v) is 2.18. The molecule has 0 aromatic rings. The molecule has 1 fully saturated rings. The SMILES string of the molecule is CC=CC(CNCNNCCC(C)O)CNCC1(C)CC1. The summed E-state index contributed by atoms with van der Waals surface area (Å²) in [7, 11) is 0. The predicted octanol–water partition coefficient (Wildman–Crippen LogP) is 0.981. The molecule has 0 heterocycles. The predicted molar refractivity (Wildman–Crippen MR) is 88.8 cm³/mol. The zero-order valence-electron chi connectivity index (χ0n) is 13.9. The molecule has 5 nitrogen and oxygen atoms in total. The van der Waals surface area contributed by atoms with Gasteiger partial charge < -0.3 is 15.7 Å². The van der Waals surface area contributed by atoms with E-state index in [4.69, 9.17) is 5.11 Å². The van der Waals surface area contributed by atoms with Gasteiger partial charge in [0.05, 0.1) is 12.8 Å². The van der Waals surface area contributed by atoms with Gasteiger partial charge >= 0.3 is 0 Å². The number of aliphatic hydroxyl groups is 1. The van der Waals surface area contributed by atoms with Crippen molar-refractivity contribution >= 4 is 0 Å². The first kappa shape index (κ1) is 18.6. The quantitative estimate of drug-likeness (QED) is 0.152. The lowest BCUT2D eigenvalue weighted by atomic mass is 10.1. The summed E-state index contributed by atoms with van der Waals surface area (Å²) in [6.07, 6.45) is 7.64. The molecule has 2 unspecified atom stereocenters. The standard InChI is InChI=1S/C16H34N4O/c1-4-5-15(10-17-12-16(3)7-8-16)11-18-13-20-19-9-6-14(2)21/h4-5,14-15,17-21H,6-13H2,1-3H3. The van der Waals surface area contributed by atoms with E-state index >= 15 is 0 Å². The molecule has 0 aliphatic heterocycles. The van der Waals surface area contributed by atoms with E-state index in [0.717, 1.165) is 39.3 Å². The second kappa shape index (κ2) is 10.3. The van der Waals surface area contributed by atoms with E-state index in [-0.39, 0.29) is 6.10 Å². The number of rotatable bonds is 13. The van der Waals surface area contributed by atoms with E-state index in [1.165, 1.54) is 12.8 Å². The van der Waals surface area contributed by atoms with E-state index in [1.54, 1.807) is 6.92 Å². The van der Waals surface area contributed by atoms with Crippen LogP contribution in [0.2, 0.25) is 0 Å². The third-order valence-corrected chi connectivity index (χ3v) is 3.96. The number of nitrogens with one attached hydrogen (secondary N) is 4. The summed E-state index contributed by atoms with van der Waals surface area (Å²) in [5, 5.41) is 16.1. The minimum Gasteiger partial charge on any atom is -0.393 e. The number of hydrogen-bond acceptors (Lipinski definition) is 5. The van der Waals surface area contributed by atoms with E-state index in [1.807, 2.05) is 0 Å². The van der Waals surface area contributed by atoms with E-state index in [0.29, 0.717) is 11.3 Å². The van der Waals surface area contributed by atoms with Gasteiger partial charge in [0.2, 0.25) is 0 Å². The van der Waals surface area contributed by atoms with Crippen LogP contribution in [0.3, 0.4) is 0 Å². The Morgan fingerprint density at radius 3 is 2.52 bits per heavy atom. The van der Waals surface area contributed by atoms with Gasteiger partial charge in [0, 0.05) is 32.1 Å². The average molecular weight is 298 g/mol. The topological polar surface area (TPSA) is 68.3 Å².